The van der Waals surface area contributed by atoms with Gasteiger partial charge in [-0.2, -0.15) is 5.10 Å². The Labute approximate surface area is 174 Å². The van der Waals surface area contributed by atoms with Crippen molar-refractivity contribution in [2.75, 3.05) is 0 Å². The number of aliphatic hydroxyl groups excluding tert-OH is 1. The number of ketones is 1. The van der Waals surface area contributed by atoms with E-state index in [0.717, 1.165) is 48.4 Å². The quantitative estimate of drug-likeness (QED) is 0.701. The average Bonchev–Trinajstić information content (AvgIpc) is 3.16. The third-order valence-electron chi connectivity index (χ3n) is 9.98. The second kappa shape index (κ2) is 6.54. The maximum Gasteiger partial charge on any atom is 0.159 e. The maximum atomic E-state index is 13.0. The molecule has 4 heteroatoms. The van der Waals surface area contributed by atoms with Crippen molar-refractivity contribution in [3.05, 3.63) is 23.0 Å². The largest absolute Gasteiger partial charge is 0.393 e. The van der Waals surface area contributed by atoms with Crippen LogP contribution in [0.4, 0.5) is 0 Å². The monoisotopic (exact) mass is 396 g/mol. The van der Waals surface area contributed by atoms with Crippen LogP contribution in [-0.4, -0.2) is 26.8 Å². The van der Waals surface area contributed by atoms with Crippen molar-refractivity contribution in [2.24, 2.45) is 41.5 Å². The fourth-order valence-corrected chi connectivity index (χ4v) is 7.96. The number of hydrogen-bond acceptors (Lipinski definition) is 3. The molecule has 1 aromatic rings. The lowest BCUT2D eigenvalue weighted by molar-refractivity contribution is -0.134. The smallest absolute Gasteiger partial charge is 0.159 e. The van der Waals surface area contributed by atoms with Crippen molar-refractivity contribution in [2.45, 2.75) is 78.2 Å². The van der Waals surface area contributed by atoms with Gasteiger partial charge in [0, 0.05) is 24.7 Å². The van der Waals surface area contributed by atoms with Crippen LogP contribution in [0.3, 0.4) is 0 Å². The molecule has 0 radical (unpaired) electrons. The predicted molar refractivity (Wildman–Crippen MR) is 114 cm³/mol. The standard InChI is InChI=1S/C25H36N2O2/c1-15-17(14-26-27(15)4)11-16-13-25(3)18(12-22(16)28)5-6-19-20-7-8-23(29)24(20,2)10-9-21(19)25/h11,14,18-21,23,29H,5-10,12-13H2,1-4H3/b16-11-/t18-,19+,20+,21+,23+,24+,25+/m1/s1. The van der Waals surface area contributed by atoms with Crippen LogP contribution in [0.2, 0.25) is 0 Å². The minimum Gasteiger partial charge on any atom is -0.393 e. The van der Waals surface area contributed by atoms with Gasteiger partial charge in [0.15, 0.2) is 5.78 Å². The van der Waals surface area contributed by atoms with E-state index in [4.69, 9.17) is 0 Å². The Morgan fingerprint density at radius 1 is 1.14 bits per heavy atom. The molecule has 5 rings (SSSR count). The zero-order chi connectivity index (χ0) is 20.6. The minimum atomic E-state index is -0.115. The van der Waals surface area contributed by atoms with Gasteiger partial charge < -0.3 is 5.11 Å². The number of fused-ring (bicyclic) bond motifs is 5. The van der Waals surface area contributed by atoms with Crippen molar-refractivity contribution < 1.29 is 9.90 Å². The Hall–Kier alpha value is -1.42. The van der Waals surface area contributed by atoms with Gasteiger partial charge in [-0.05, 0) is 98.0 Å². The lowest BCUT2D eigenvalue weighted by Crippen LogP contribution is -2.54. The summed E-state index contributed by atoms with van der Waals surface area (Å²) in [6.07, 6.45) is 12.5. The summed E-state index contributed by atoms with van der Waals surface area (Å²) in [4.78, 5) is 13.0. The Balaban J connectivity index is 1.47. The van der Waals surface area contributed by atoms with Crippen LogP contribution in [0.15, 0.2) is 11.8 Å². The van der Waals surface area contributed by atoms with Crippen LogP contribution in [-0.2, 0) is 11.8 Å². The first-order valence-electron chi connectivity index (χ1n) is 11.6. The van der Waals surface area contributed by atoms with Gasteiger partial charge in [0.05, 0.1) is 12.3 Å². The highest BCUT2D eigenvalue weighted by Crippen LogP contribution is 2.66. The fourth-order valence-electron chi connectivity index (χ4n) is 7.96. The molecule has 0 unspecified atom stereocenters. The number of nitrogens with zero attached hydrogens (tertiary/aromatic N) is 2. The topological polar surface area (TPSA) is 55.1 Å². The first-order valence-corrected chi connectivity index (χ1v) is 11.6. The van der Waals surface area contributed by atoms with E-state index in [1.54, 1.807) is 0 Å². The summed E-state index contributed by atoms with van der Waals surface area (Å²) in [5, 5.41) is 15.0. The van der Waals surface area contributed by atoms with Crippen LogP contribution < -0.4 is 0 Å². The Morgan fingerprint density at radius 3 is 2.62 bits per heavy atom. The molecule has 4 fully saturated rings. The Kier molecular flexibility index (Phi) is 4.40. The number of carbonyl (C=O) groups is 1. The van der Waals surface area contributed by atoms with Gasteiger partial charge in [0.25, 0.3) is 0 Å². The van der Waals surface area contributed by atoms with E-state index in [1.165, 1.54) is 25.7 Å². The van der Waals surface area contributed by atoms with Crippen molar-refractivity contribution in [3.63, 3.8) is 0 Å². The van der Waals surface area contributed by atoms with Crippen molar-refractivity contribution in [3.8, 4) is 0 Å². The van der Waals surface area contributed by atoms with Crippen molar-refractivity contribution in [1.82, 2.24) is 9.78 Å². The SMILES string of the molecule is Cc1c(/C=C2/C[C@@]3(C)[C@H](CC[C@@H]4[C@@H]3CC[C@]3(C)[C@@H](O)CC[C@@H]43)CC2=O)cnn1C. The summed E-state index contributed by atoms with van der Waals surface area (Å²) in [6.45, 7) is 6.90. The van der Waals surface area contributed by atoms with E-state index < -0.39 is 0 Å². The zero-order valence-electron chi connectivity index (χ0n) is 18.4. The molecule has 0 aliphatic heterocycles. The second-order valence-corrected chi connectivity index (χ2v) is 11.1. The molecule has 1 heterocycles. The molecule has 4 saturated carbocycles. The van der Waals surface area contributed by atoms with E-state index >= 15 is 0 Å². The van der Waals surface area contributed by atoms with Gasteiger partial charge in [0.1, 0.15) is 0 Å². The van der Waals surface area contributed by atoms with Gasteiger partial charge >= 0.3 is 0 Å². The molecule has 29 heavy (non-hydrogen) atoms. The summed E-state index contributed by atoms with van der Waals surface area (Å²) in [7, 11) is 1.96. The normalized spacial score (nSPS) is 45.8. The molecule has 158 valence electrons. The highest BCUT2D eigenvalue weighted by molar-refractivity contribution is 6.00. The van der Waals surface area contributed by atoms with Gasteiger partial charge in [-0.25, -0.2) is 0 Å². The first kappa shape index (κ1) is 19.5. The number of Topliss-reactive ketones (excluding diaryl/α,β-unsaturated/α-hetero) is 1. The van der Waals surface area contributed by atoms with Gasteiger partial charge in [-0.3, -0.25) is 9.48 Å². The maximum absolute atomic E-state index is 13.0. The van der Waals surface area contributed by atoms with E-state index in [0.29, 0.717) is 23.5 Å². The molecule has 0 spiro atoms. The molecular formula is C25H36N2O2. The van der Waals surface area contributed by atoms with Gasteiger partial charge in [-0.1, -0.05) is 13.8 Å². The van der Waals surface area contributed by atoms with Crippen LogP contribution in [0.5, 0.6) is 0 Å². The first-order chi connectivity index (χ1) is 13.7. The predicted octanol–water partition coefficient (Wildman–Crippen LogP) is 4.69. The van der Waals surface area contributed by atoms with Gasteiger partial charge in [0.2, 0.25) is 0 Å². The lowest BCUT2D eigenvalue weighted by Gasteiger charge is -2.60. The second-order valence-electron chi connectivity index (χ2n) is 11.1. The number of aromatic nitrogens is 2. The summed E-state index contributed by atoms with van der Waals surface area (Å²) >= 11 is 0. The molecule has 0 amide bonds. The molecule has 0 saturated heterocycles. The number of aliphatic hydroxyl groups is 1. The molecule has 4 aliphatic rings. The average molecular weight is 397 g/mol. The van der Waals surface area contributed by atoms with E-state index in [9.17, 15) is 9.90 Å². The van der Waals surface area contributed by atoms with Crippen LogP contribution in [0.1, 0.15) is 76.5 Å². The third kappa shape index (κ3) is 2.74. The zero-order valence-corrected chi connectivity index (χ0v) is 18.4. The number of hydrogen-bond donors (Lipinski definition) is 1. The molecule has 7 atom stereocenters. The highest BCUT2D eigenvalue weighted by Gasteiger charge is 2.60. The van der Waals surface area contributed by atoms with Crippen molar-refractivity contribution in [1.29, 1.82) is 0 Å². The molecule has 4 aliphatic carbocycles. The summed E-state index contributed by atoms with van der Waals surface area (Å²) in [5.41, 5.74) is 3.56. The summed E-state index contributed by atoms with van der Waals surface area (Å²) < 4.78 is 1.88. The van der Waals surface area contributed by atoms with Crippen LogP contribution in [0, 0.1) is 41.4 Å². The molecule has 0 aromatic carbocycles. The van der Waals surface area contributed by atoms with E-state index in [-0.39, 0.29) is 16.9 Å². The Morgan fingerprint density at radius 2 is 1.90 bits per heavy atom. The van der Waals surface area contributed by atoms with Gasteiger partial charge in [-0.15, -0.1) is 0 Å². The Bertz CT molecular complexity index is 870. The van der Waals surface area contributed by atoms with Crippen LogP contribution >= 0.6 is 0 Å². The highest BCUT2D eigenvalue weighted by atomic mass is 16.3. The molecule has 1 aromatic heterocycles. The molecule has 1 N–H and O–H groups in total. The number of carbonyl (C=O) groups excluding carboxylic acids is 1. The van der Waals surface area contributed by atoms with E-state index in [1.807, 2.05) is 17.9 Å². The van der Waals surface area contributed by atoms with E-state index in [2.05, 4.69) is 31.9 Å². The lowest BCUT2D eigenvalue weighted by atomic mass is 9.45. The number of allylic oxidation sites excluding steroid dienone is 1. The number of aryl methyl sites for hydroxylation is 1. The summed E-state index contributed by atoms with van der Waals surface area (Å²) in [6, 6.07) is 0. The van der Waals surface area contributed by atoms with Crippen LogP contribution in [0.25, 0.3) is 6.08 Å². The summed E-state index contributed by atoms with van der Waals surface area (Å²) in [5.74, 6) is 2.96. The van der Waals surface area contributed by atoms with Crippen molar-refractivity contribution >= 4 is 11.9 Å². The molecule has 0 bridgehead atoms. The minimum absolute atomic E-state index is 0.115. The molecular weight excluding hydrogens is 360 g/mol. The third-order valence-corrected chi connectivity index (χ3v) is 9.98. The molecule has 4 nitrogen and oxygen atoms in total. The fraction of sp³-hybridized carbons (Fsp3) is 0.760. The number of rotatable bonds is 1.